The highest BCUT2D eigenvalue weighted by Crippen LogP contribution is 2.31. The normalized spacial score (nSPS) is 22.5. The fourth-order valence-electron chi connectivity index (χ4n) is 4.98. The molecule has 1 aliphatic carbocycles. The molecule has 170 valence electrons. The lowest BCUT2D eigenvalue weighted by Gasteiger charge is -2.40. The van der Waals surface area contributed by atoms with Crippen LogP contribution in [0.4, 0.5) is 0 Å². The Morgan fingerprint density at radius 3 is 2.47 bits per heavy atom. The third-order valence-electron chi connectivity index (χ3n) is 6.84. The smallest absolute Gasteiger partial charge is 0.257 e. The van der Waals surface area contributed by atoms with Crippen molar-refractivity contribution in [3.63, 3.8) is 0 Å². The van der Waals surface area contributed by atoms with E-state index >= 15 is 0 Å². The number of amides is 2. The average Bonchev–Trinajstić information content (AvgIpc) is 2.82. The van der Waals surface area contributed by atoms with E-state index in [9.17, 15) is 9.59 Å². The van der Waals surface area contributed by atoms with Gasteiger partial charge in [0.15, 0.2) is 0 Å². The summed E-state index contributed by atoms with van der Waals surface area (Å²) in [6.07, 6.45) is 6.70. The summed E-state index contributed by atoms with van der Waals surface area (Å²) in [5, 5.41) is 0. The van der Waals surface area contributed by atoms with Crippen LogP contribution in [0.5, 0.6) is 5.75 Å². The van der Waals surface area contributed by atoms with Gasteiger partial charge in [0.2, 0.25) is 0 Å². The van der Waals surface area contributed by atoms with Crippen LogP contribution in [0.2, 0.25) is 0 Å². The van der Waals surface area contributed by atoms with Gasteiger partial charge in [-0.2, -0.15) is 0 Å². The summed E-state index contributed by atoms with van der Waals surface area (Å²) in [6.45, 7) is 3.42. The minimum atomic E-state index is -0.114. The van der Waals surface area contributed by atoms with Crippen LogP contribution in [0, 0.1) is 6.92 Å². The molecule has 5 heteroatoms. The zero-order valence-electron chi connectivity index (χ0n) is 19.3. The van der Waals surface area contributed by atoms with Crippen molar-refractivity contribution in [1.29, 1.82) is 0 Å². The molecule has 4 rings (SSSR count). The molecule has 0 unspecified atom stereocenters. The summed E-state index contributed by atoms with van der Waals surface area (Å²) in [4.78, 5) is 30.6. The average molecular weight is 435 g/mol. The molecule has 0 bridgehead atoms. The largest absolute Gasteiger partial charge is 0.487 e. The van der Waals surface area contributed by atoms with Gasteiger partial charge in [-0.15, -0.1) is 0 Å². The van der Waals surface area contributed by atoms with Crippen molar-refractivity contribution in [3.8, 4) is 5.75 Å². The lowest BCUT2D eigenvalue weighted by Crippen LogP contribution is -2.51. The second-order valence-corrected chi connectivity index (χ2v) is 9.11. The van der Waals surface area contributed by atoms with E-state index in [1.165, 1.54) is 0 Å². The van der Waals surface area contributed by atoms with Gasteiger partial charge in [0.25, 0.3) is 11.8 Å². The molecular formula is C27H34N2O3. The topological polar surface area (TPSA) is 49.9 Å². The van der Waals surface area contributed by atoms with Crippen molar-refractivity contribution in [3.05, 3.63) is 65.2 Å². The number of nitrogens with zero attached hydrogens (tertiary/aromatic N) is 2. The molecule has 0 spiro atoms. The van der Waals surface area contributed by atoms with E-state index in [2.05, 4.69) is 4.90 Å². The molecule has 2 aliphatic rings. The van der Waals surface area contributed by atoms with E-state index in [1.54, 1.807) is 4.90 Å². The Labute approximate surface area is 191 Å². The highest BCUT2D eigenvalue weighted by atomic mass is 16.5. The molecule has 1 fully saturated rings. The van der Waals surface area contributed by atoms with Crippen LogP contribution in [-0.2, 0) is 0 Å². The van der Waals surface area contributed by atoms with E-state index in [0.717, 1.165) is 62.6 Å². The van der Waals surface area contributed by atoms with Crippen LogP contribution in [0.25, 0.3) is 0 Å². The second kappa shape index (κ2) is 10.2. The Balaban J connectivity index is 1.70. The summed E-state index contributed by atoms with van der Waals surface area (Å²) >= 11 is 0. The minimum absolute atomic E-state index is 0.0000456. The van der Waals surface area contributed by atoms with Crippen molar-refractivity contribution in [2.75, 3.05) is 20.1 Å². The molecular weight excluding hydrogens is 400 g/mol. The Hall–Kier alpha value is -2.82. The lowest BCUT2D eigenvalue weighted by atomic mass is 9.90. The highest BCUT2D eigenvalue weighted by molar-refractivity contribution is 5.97. The number of carbonyl (C=O) groups is 2. The molecule has 5 nitrogen and oxygen atoms in total. The van der Waals surface area contributed by atoms with Crippen molar-refractivity contribution in [1.82, 2.24) is 9.80 Å². The Morgan fingerprint density at radius 2 is 1.62 bits per heavy atom. The molecule has 0 aromatic heterocycles. The Bertz CT molecular complexity index is 957. The van der Waals surface area contributed by atoms with Crippen LogP contribution >= 0.6 is 0 Å². The molecule has 2 aromatic rings. The predicted molar refractivity (Wildman–Crippen MR) is 126 cm³/mol. The lowest BCUT2D eigenvalue weighted by molar-refractivity contribution is 0.0272. The Morgan fingerprint density at radius 1 is 0.906 bits per heavy atom. The predicted octanol–water partition coefficient (Wildman–Crippen LogP) is 5.08. The first kappa shape index (κ1) is 22.4. The third-order valence-corrected chi connectivity index (χ3v) is 6.84. The Kier molecular flexibility index (Phi) is 7.13. The van der Waals surface area contributed by atoms with Gasteiger partial charge < -0.3 is 14.5 Å². The van der Waals surface area contributed by atoms with Gasteiger partial charge in [-0.1, -0.05) is 36.8 Å². The monoisotopic (exact) mass is 434 g/mol. The van der Waals surface area contributed by atoms with Crippen LogP contribution in [0.3, 0.4) is 0 Å². The maximum atomic E-state index is 13.7. The van der Waals surface area contributed by atoms with Crippen LogP contribution in [0.1, 0.15) is 71.2 Å². The van der Waals surface area contributed by atoms with Crippen LogP contribution in [0.15, 0.2) is 48.5 Å². The number of hydrogen-bond acceptors (Lipinski definition) is 3. The maximum Gasteiger partial charge on any atom is 0.257 e. The molecule has 2 amide bonds. The first-order chi connectivity index (χ1) is 15.6. The number of rotatable bonds is 1. The first-order valence-electron chi connectivity index (χ1n) is 11.9. The fraction of sp³-hybridized carbons (Fsp3) is 0.481. The number of hydrogen-bond donors (Lipinski definition) is 0. The van der Waals surface area contributed by atoms with Crippen molar-refractivity contribution in [2.45, 2.75) is 64.0 Å². The zero-order valence-corrected chi connectivity index (χ0v) is 19.3. The molecule has 0 radical (unpaired) electrons. The van der Waals surface area contributed by atoms with E-state index in [4.69, 9.17) is 4.74 Å². The minimum Gasteiger partial charge on any atom is -0.487 e. The van der Waals surface area contributed by atoms with E-state index in [-0.39, 0.29) is 24.0 Å². The molecule has 2 atom stereocenters. The van der Waals surface area contributed by atoms with Crippen molar-refractivity contribution in [2.24, 2.45) is 0 Å². The summed E-state index contributed by atoms with van der Waals surface area (Å²) in [6, 6.07) is 15.4. The number of ether oxygens (including phenoxy) is 1. The van der Waals surface area contributed by atoms with E-state index < -0.39 is 0 Å². The highest BCUT2D eigenvalue weighted by Gasteiger charge is 2.36. The SMILES string of the molecule is Cc1ccccc1C(=O)N1CCCCCN(C)C(=O)c2ccccc2O[C@H]2CCCC[C@H]21. The summed E-state index contributed by atoms with van der Waals surface area (Å²) < 4.78 is 6.54. The first-order valence-corrected chi connectivity index (χ1v) is 11.9. The molecule has 0 N–H and O–H groups in total. The zero-order chi connectivity index (χ0) is 22.5. The van der Waals surface area contributed by atoms with Gasteiger partial charge in [-0.25, -0.2) is 0 Å². The third kappa shape index (κ3) is 4.82. The molecule has 1 saturated carbocycles. The number of benzene rings is 2. The van der Waals surface area contributed by atoms with Gasteiger partial charge in [0, 0.05) is 25.7 Å². The van der Waals surface area contributed by atoms with Gasteiger partial charge in [-0.3, -0.25) is 9.59 Å². The van der Waals surface area contributed by atoms with Gasteiger partial charge in [0.05, 0.1) is 11.6 Å². The van der Waals surface area contributed by atoms with Gasteiger partial charge in [0.1, 0.15) is 11.9 Å². The molecule has 32 heavy (non-hydrogen) atoms. The van der Waals surface area contributed by atoms with Gasteiger partial charge in [-0.05, 0) is 69.2 Å². The van der Waals surface area contributed by atoms with E-state index in [1.807, 2.05) is 62.5 Å². The number of aryl methyl sites for hydroxylation is 1. The number of para-hydroxylation sites is 1. The summed E-state index contributed by atoms with van der Waals surface area (Å²) in [5.41, 5.74) is 2.39. The fourth-order valence-corrected chi connectivity index (χ4v) is 4.98. The maximum absolute atomic E-state index is 13.7. The van der Waals surface area contributed by atoms with Gasteiger partial charge >= 0.3 is 0 Å². The molecule has 1 heterocycles. The second-order valence-electron chi connectivity index (χ2n) is 9.11. The number of carbonyl (C=O) groups excluding carboxylic acids is 2. The quantitative estimate of drug-likeness (QED) is 0.629. The number of fused-ring (bicyclic) bond motifs is 2. The summed E-state index contributed by atoms with van der Waals surface area (Å²) in [7, 11) is 1.86. The molecule has 1 aliphatic heterocycles. The van der Waals surface area contributed by atoms with Crippen molar-refractivity contribution >= 4 is 11.8 Å². The molecule has 0 saturated heterocycles. The summed E-state index contributed by atoms with van der Waals surface area (Å²) in [5.74, 6) is 0.726. The molecule has 2 aromatic carbocycles. The standard InChI is InChI=1S/C27H34N2O3/c1-20-12-4-5-13-21(20)27(31)29-19-11-3-10-18-28(2)26(30)22-14-6-8-16-24(22)32-25-17-9-7-15-23(25)29/h4-6,8,12-14,16,23,25H,3,7,9-11,15,17-19H2,1-2H3/t23-,25+/m1/s1. The van der Waals surface area contributed by atoms with E-state index in [0.29, 0.717) is 17.9 Å². The van der Waals surface area contributed by atoms with Crippen molar-refractivity contribution < 1.29 is 14.3 Å². The van der Waals surface area contributed by atoms with Crippen LogP contribution < -0.4 is 4.74 Å². The van der Waals surface area contributed by atoms with Crippen LogP contribution in [-0.4, -0.2) is 53.9 Å².